The SMILES string of the molecule is CN1CNNC1C(F)(F)[C@](C)(F)C1CCCC(NC(=O)C2CC(CN3CC[C@H](F)C3)NC(C3CC3)N2)C1. The number of carbonyl (C=O) groups excluding carboxylic acids is 1. The molecule has 3 aliphatic heterocycles. The molecule has 0 aromatic rings. The second-order valence-electron chi connectivity index (χ2n) is 12.2. The predicted molar refractivity (Wildman–Crippen MR) is 132 cm³/mol. The highest BCUT2D eigenvalue weighted by molar-refractivity contribution is 5.82. The molecule has 0 bridgehead atoms. The molecule has 12 heteroatoms. The first-order chi connectivity index (χ1) is 17.5. The van der Waals surface area contributed by atoms with E-state index in [1.165, 1.54) is 11.9 Å². The van der Waals surface area contributed by atoms with E-state index in [0.29, 0.717) is 51.1 Å². The maximum absolute atomic E-state index is 15.9. The zero-order valence-electron chi connectivity index (χ0n) is 21.9. The van der Waals surface area contributed by atoms with Gasteiger partial charge in [0.1, 0.15) is 12.3 Å². The second-order valence-corrected chi connectivity index (χ2v) is 12.2. The van der Waals surface area contributed by atoms with E-state index in [0.717, 1.165) is 26.3 Å². The normalized spacial score (nSPS) is 40.0. The molecule has 1 amide bonds. The Bertz CT molecular complexity index is 816. The van der Waals surface area contributed by atoms with E-state index in [-0.39, 0.29) is 37.2 Å². The van der Waals surface area contributed by atoms with Crippen LogP contribution in [0.3, 0.4) is 0 Å². The Balaban J connectivity index is 1.19. The molecule has 37 heavy (non-hydrogen) atoms. The minimum Gasteiger partial charge on any atom is -0.352 e. The maximum Gasteiger partial charge on any atom is 0.310 e. The molecule has 0 aromatic carbocycles. The fourth-order valence-corrected chi connectivity index (χ4v) is 6.70. The molecular weight excluding hydrogens is 490 g/mol. The van der Waals surface area contributed by atoms with Gasteiger partial charge in [-0.1, -0.05) is 6.42 Å². The number of nitrogens with one attached hydrogen (secondary N) is 5. The van der Waals surface area contributed by atoms with Crippen LogP contribution in [0.5, 0.6) is 0 Å². The van der Waals surface area contributed by atoms with Gasteiger partial charge in [-0.15, -0.1) is 0 Å². The topological polar surface area (TPSA) is 83.7 Å². The van der Waals surface area contributed by atoms with Crippen LogP contribution in [0.25, 0.3) is 0 Å². The number of halogens is 4. The molecule has 3 saturated heterocycles. The Morgan fingerprint density at radius 2 is 1.86 bits per heavy atom. The van der Waals surface area contributed by atoms with Crippen molar-refractivity contribution in [3.63, 3.8) is 0 Å². The highest BCUT2D eigenvalue weighted by Gasteiger charge is 2.62. The van der Waals surface area contributed by atoms with Gasteiger partial charge in [-0.25, -0.2) is 19.6 Å². The van der Waals surface area contributed by atoms with Gasteiger partial charge in [0, 0.05) is 37.6 Å². The number of likely N-dealkylation sites (tertiary alicyclic amines) is 1. The third-order valence-electron chi connectivity index (χ3n) is 9.21. The third kappa shape index (κ3) is 5.94. The molecule has 2 saturated carbocycles. The Hall–Kier alpha value is -1.05. The first-order valence-electron chi connectivity index (χ1n) is 14.0. The summed E-state index contributed by atoms with van der Waals surface area (Å²) in [5.74, 6) is -4.15. The van der Waals surface area contributed by atoms with Gasteiger partial charge >= 0.3 is 5.92 Å². The van der Waals surface area contributed by atoms with E-state index >= 15 is 13.2 Å². The third-order valence-corrected chi connectivity index (χ3v) is 9.21. The van der Waals surface area contributed by atoms with Gasteiger partial charge in [0.05, 0.1) is 18.9 Å². The molecule has 0 aromatic heterocycles. The number of carbonyl (C=O) groups is 1. The van der Waals surface area contributed by atoms with Crippen LogP contribution in [0.15, 0.2) is 0 Å². The molecule has 5 fully saturated rings. The van der Waals surface area contributed by atoms with E-state index in [1.54, 1.807) is 0 Å². The summed E-state index contributed by atoms with van der Waals surface area (Å²) in [6, 6.07) is -0.684. The summed E-state index contributed by atoms with van der Waals surface area (Å²) in [5.41, 5.74) is 2.43. The Morgan fingerprint density at radius 3 is 2.51 bits per heavy atom. The fraction of sp³-hybridized carbons (Fsp3) is 0.960. The van der Waals surface area contributed by atoms with Crippen LogP contribution >= 0.6 is 0 Å². The van der Waals surface area contributed by atoms with Crippen LogP contribution in [-0.4, -0.2) is 97.3 Å². The Kier molecular flexibility index (Phi) is 8.06. The summed E-state index contributed by atoms with van der Waals surface area (Å²) < 4.78 is 60.2. The van der Waals surface area contributed by atoms with Crippen molar-refractivity contribution < 1.29 is 22.4 Å². The Morgan fingerprint density at radius 1 is 1.08 bits per heavy atom. The summed E-state index contributed by atoms with van der Waals surface area (Å²) in [6.45, 7) is 3.09. The van der Waals surface area contributed by atoms with Crippen LogP contribution < -0.4 is 26.8 Å². The summed E-state index contributed by atoms with van der Waals surface area (Å²) in [4.78, 5) is 16.8. The second kappa shape index (κ2) is 10.8. The van der Waals surface area contributed by atoms with E-state index in [1.807, 2.05) is 0 Å². The van der Waals surface area contributed by atoms with E-state index in [2.05, 4.69) is 31.7 Å². The van der Waals surface area contributed by atoms with Crippen molar-refractivity contribution in [3.05, 3.63) is 0 Å². The molecule has 8 nitrogen and oxygen atoms in total. The number of hydrogen-bond donors (Lipinski definition) is 5. The number of alkyl halides is 4. The average molecular weight is 534 g/mol. The molecule has 212 valence electrons. The zero-order chi connectivity index (χ0) is 26.4. The van der Waals surface area contributed by atoms with Crippen molar-refractivity contribution in [1.82, 2.24) is 36.6 Å². The monoisotopic (exact) mass is 533 g/mol. The summed E-state index contributed by atoms with van der Waals surface area (Å²) in [7, 11) is 1.53. The van der Waals surface area contributed by atoms with Gasteiger partial charge in [0.25, 0.3) is 0 Å². The minimum absolute atomic E-state index is 0.0368. The smallest absolute Gasteiger partial charge is 0.310 e. The molecule has 6 unspecified atom stereocenters. The molecule has 0 radical (unpaired) electrons. The predicted octanol–water partition coefficient (Wildman–Crippen LogP) is 1.45. The van der Waals surface area contributed by atoms with Gasteiger partial charge in [0.15, 0.2) is 5.67 Å². The lowest BCUT2D eigenvalue weighted by atomic mass is 9.73. The quantitative estimate of drug-likeness (QED) is 0.302. The Labute approximate surface area is 217 Å². The minimum atomic E-state index is -3.61. The molecule has 3 heterocycles. The van der Waals surface area contributed by atoms with Gasteiger partial charge in [-0.3, -0.25) is 25.2 Å². The van der Waals surface area contributed by atoms with Crippen molar-refractivity contribution >= 4 is 5.91 Å². The van der Waals surface area contributed by atoms with Gasteiger partial charge < -0.3 is 5.32 Å². The molecule has 5 aliphatic rings. The number of amides is 1. The van der Waals surface area contributed by atoms with Crippen LogP contribution in [0.4, 0.5) is 17.6 Å². The first kappa shape index (κ1) is 27.5. The first-order valence-corrected chi connectivity index (χ1v) is 14.0. The van der Waals surface area contributed by atoms with E-state index < -0.39 is 35.9 Å². The van der Waals surface area contributed by atoms with Gasteiger partial charge in [-0.05, 0) is 64.8 Å². The lowest BCUT2D eigenvalue weighted by Crippen LogP contribution is -2.65. The molecular formula is C25H43F4N7O. The largest absolute Gasteiger partial charge is 0.352 e. The lowest BCUT2D eigenvalue weighted by Gasteiger charge is -2.44. The lowest BCUT2D eigenvalue weighted by molar-refractivity contribution is -0.197. The summed E-state index contributed by atoms with van der Waals surface area (Å²) in [5, 5.41) is 10.1. The van der Waals surface area contributed by atoms with Crippen molar-refractivity contribution in [2.45, 2.75) is 107 Å². The van der Waals surface area contributed by atoms with E-state index in [4.69, 9.17) is 0 Å². The van der Waals surface area contributed by atoms with Crippen LogP contribution in [0.2, 0.25) is 0 Å². The van der Waals surface area contributed by atoms with Crippen molar-refractivity contribution in [1.29, 1.82) is 0 Å². The van der Waals surface area contributed by atoms with E-state index in [9.17, 15) is 9.18 Å². The molecule has 5 rings (SSSR count). The summed E-state index contributed by atoms with van der Waals surface area (Å²) in [6.07, 6.45) is 2.95. The number of rotatable bonds is 8. The standard InChI is InChI=1S/C25H43F4N7O/c1-24(27,25(28,29)23-34-30-14-35(23)2)16-4-3-5-18(10-16)32-22(37)20-11-19(13-36-9-8-17(26)12-36)31-21(33-20)15-6-7-15/h15-21,23,30-31,33-34H,3-14H2,1-2H3,(H,32,37)/t16?,17-,18?,19?,20?,21?,23?,24+/m0/s1. The van der Waals surface area contributed by atoms with Crippen molar-refractivity contribution in [2.24, 2.45) is 11.8 Å². The van der Waals surface area contributed by atoms with Gasteiger partial charge in [0.2, 0.25) is 5.91 Å². The van der Waals surface area contributed by atoms with Crippen LogP contribution in [0.1, 0.15) is 58.3 Å². The fourth-order valence-electron chi connectivity index (χ4n) is 6.70. The highest BCUT2D eigenvalue weighted by Crippen LogP contribution is 2.47. The van der Waals surface area contributed by atoms with Crippen molar-refractivity contribution in [3.8, 4) is 0 Å². The maximum atomic E-state index is 15.9. The highest BCUT2D eigenvalue weighted by atomic mass is 19.3. The summed E-state index contributed by atoms with van der Waals surface area (Å²) >= 11 is 0. The molecule has 0 spiro atoms. The molecule has 2 aliphatic carbocycles. The zero-order valence-corrected chi connectivity index (χ0v) is 21.9. The van der Waals surface area contributed by atoms with Crippen molar-refractivity contribution in [2.75, 3.05) is 33.4 Å². The van der Waals surface area contributed by atoms with Crippen LogP contribution in [0, 0.1) is 11.8 Å². The van der Waals surface area contributed by atoms with Gasteiger partial charge in [-0.2, -0.15) is 8.78 Å². The number of nitrogens with zero attached hydrogens (tertiary/aromatic N) is 2. The molecule has 5 N–H and O–H groups in total. The average Bonchev–Trinajstić information content (AvgIpc) is 3.50. The number of hydrazine groups is 1. The molecule has 8 atom stereocenters. The van der Waals surface area contributed by atoms with Crippen LogP contribution in [-0.2, 0) is 4.79 Å². The number of hydrogen-bond acceptors (Lipinski definition) is 7.